The second kappa shape index (κ2) is 7.22. The van der Waals surface area contributed by atoms with Gasteiger partial charge in [-0.15, -0.1) is 0 Å². The fourth-order valence-electron chi connectivity index (χ4n) is 3.07. The second-order valence-electron chi connectivity index (χ2n) is 6.14. The number of nitrogens with one attached hydrogen (secondary N) is 1. The molecule has 26 heavy (non-hydrogen) atoms. The van der Waals surface area contributed by atoms with Crippen molar-refractivity contribution < 1.29 is 9.21 Å². The Morgan fingerprint density at radius 2 is 1.96 bits per heavy atom. The van der Waals surface area contributed by atoms with E-state index in [1.165, 1.54) is 0 Å². The number of amides is 1. The van der Waals surface area contributed by atoms with Crippen LogP contribution < -0.4 is 10.2 Å². The predicted octanol–water partition coefficient (Wildman–Crippen LogP) is 4.73. The van der Waals surface area contributed by atoms with Crippen LogP contribution in [0.15, 0.2) is 59.1 Å². The molecule has 1 aliphatic rings. The summed E-state index contributed by atoms with van der Waals surface area (Å²) in [6.07, 6.45) is 3.21. The molecule has 1 aromatic heterocycles. The number of carbonyl (C=O) groups excluding carboxylic acids is 1. The number of oxazole rings is 1. The summed E-state index contributed by atoms with van der Waals surface area (Å²) in [4.78, 5) is 18.2. The Balaban J connectivity index is 1.48. The van der Waals surface area contributed by atoms with Crippen LogP contribution in [0.2, 0.25) is 5.02 Å². The van der Waals surface area contributed by atoms with Crippen molar-refractivity contribution in [1.29, 1.82) is 0 Å². The van der Waals surface area contributed by atoms with E-state index in [2.05, 4.69) is 10.3 Å². The van der Waals surface area contributed by atoms with E-state index < -0.39 is 0 Å². The lowest BCUT2D eigenvalue weighted by molar-refractivity contribution is -0.117. The highest BCUT2D eigenvalue weighted by Gasteiger charge is 2.23. The zero-order valence-corrected chi connectivity index (χ0v) is 14.9. The third-order valence-corrected chi connectivity index (χ3v) is 4.63. The maximum atomic E-state index is 12.0. The van der Waals surface area contributed by atoms with Crippen molar-refractivity contribution in [3.8, 4) is 11.3 Å². The average Bonchev–Trinajstić information content (AvgIpc) is 3.30. The van der Waals surface area contributed by atoms with Gasteiger partial charge in [0.15, 0.2) is 5.76 Å². The molecular formula is C20H18ClN3O2. The van der Waals surface area contributed by atoms with Crippen LogP contribution in [-0.2, 0) is 11.3 Å². The van der Waals surface area contributed by atoms with Gasteiger partial charge in [0.2, 0.25) is 11.8 Å². The van der Waals surface area contributed by atoms with E-state index in [0.717, 1.165) is 29.9 Å². The molecule has 0 bridgehead atoms. The van der Waals surface area contributed by atoms with Crippen LogP contribution in [0.3, 0.4) is 0 Å². The summed E-state index contributed by atoms with van der Waals surface area (Å²) >= 11 is 5.92. The highest BCUT2D eigenvalue weighted by atomic mass is 35.5. The fourth-order valence-corrected chi connectivity index (χ4v) is 3.20. The van der Waals surface area contributed by atoms with E-state index in [4.69, 9.17) is 16.0 Å². The number of hydrogen-bond acceptors (Lipinski definition) is 4. The van der Waals surface area contributed by atoms with Crippen molar-refractivity contribution in [2.45, 2.75) is 19.4 Å². The topological polar surface area (TPSA) is 58.4 Å². The van der Waals surface area contributed by atoms with Gasteiger partial charge in [-0.05, 0) is 42.8 Å². The molecule has 2 aromatic carbocycles. The predicted molar refractivity (Wildman–Crippen MR) is 102 cm³/mol. The third kappa shape index (κ3) is 3.44. The molecule has 5 nitrogen and oxygen atoms in total. The minimum absolute atomic E-state index is 0.167. The van der Waals surface area contributed by atoms with Crippen molar-refractivity contribution in [2.24, 2.45) is 0 Å². The summed E-state index contributed by atoms with van der Waals surface area (Å²) in [6.45, 7) is 1.20. The molecule has 0 radical (unpaired) electrons. The first-order chi connectivity index (χ1) is 12.7. The Bertz CT molecular complexity index is 921. The normalized spacial score (nSPS) is 14.0. The van der Waals surface area contributed by atoms with E-state index in [1.54, 1.807) is 6.20 Å². The standard InChI is InChI=1S/C20H18ClN3O2/c21-15-9-7-14(8-10-15)18-12-23-19(26-18)13-22-16-4-1-2-5-17(16)24-11-3-6-20(24)25/h1-2,4-5,7-10,12,22H,3,6,11,13H2. The molecule has 4 rings (SSSR count). The number of benzene rings is 2. The molecule has 0 unspecified atom stereocenters. The third-order valence-electron chi connectivity index (χ3n) is 4.38. The van der Waals surface area contributed by atoms with Gasteiger partial charge in [0.1, 0.15) is 0 Å². The molecule has 1 N–H and O–H groups in total. The second-order valence-corrected chi connectivity index (χ2v) is 6.58. The molecule has 132 valence electrons. The number of carbonyl (C=O) groups is 1. The van der Waals surface area contributed by atoms with Gasteiger partial charge < -0.3 is 14.6 Å². The van der Waals surface area contributed by atoms with Gasteiger partial charge in [0.25, 0.3) is 0 Å². The molecule has 1 aliphatic heterocycles. The highest BCUT2D eigenvalue weighted by Crippen LogP contribution is 2.30. The lowest BCUT2D eigenvalue weighted by atomic mass is 10.2. The molecule has 1 amide bonds. The van der Waals surface area contributed by atoms with Crippen molar-refractivity contribution >= 4 is 28.9 Å². The molecule has 6 heteroatoms. The first-order valence-corrected chi connectivity index (χ1v) is 8.92. The molecule has 0 aliphatic carbocycles. The largest absolute Gasteiger partial charge is 0.439 e. The molecular weight excluding hydrogens is 350 g/mol. The number of nitrogens with zero attached hydrogens (tertiary/aromatic N) is 2. The van der Waals surface area contributed by atoms with Crippen molar-refractivity contribution in [3.63, 3.8) is 0 Å². The first kappa shape index (κ1) is 16.7. The molecule has 1 fully saturated rings. The lowest BCUT2D eigenvalue weighted by Gasteiger charge is -2.20. The van der Waals surface area contributed by atoms with Gasteiger partial charge in [-0.25, -0.2) is 4.98 Å². The van der Waals surface area contributed by atoms with Gasteiger partial charge in [-0.1, -0.05) is 23.7 Å². The van der Waals surface area contributed by atoms with E-state index >= 15 is 0 Å². The molecule has 0 atom stereocenters. The minimum Gasteiger partial charge on any atom is -0.439 e. The monoisotopic (exact) mass is 367 g/mol. The van der Waals surface area contributed by atoms with E-state index in [1.807, 2.05) is 53.4 Å². The molecule has 0 spiro atoms. The molecule has 1 saturated heterocycles. The van der Waals surface area contributed by atoms with E-state index in [9.17, 15) is 4.79 Å². The van der Waals surface area contributed by atoms with Gasteiger partial charge >= 0.3 is 0 Å². The number of halogens is 1. The number of para-hydroxylation sites is 2. The maximum Gasteiger partial charge on any atom is 0.227 e. The number of rotatable bonds is 5. The fraction of sp³-hybridized carbons (Fsp3) is 0.200. The van der Waals surface area contributed by atoms with Crippen LogP contribution in [0.4, 0.5) is 11.4 Å². The summed E-state index contributed by atoms with van der Waals surface area (Å²) in [5.41, 5.74) is 2.73. The van der Waals surface area contributed by atoms with Crippen LogP contribution in [0.5, 0.6) is 0 Å². The zero-order chi connectivity index (χ0) is 17.9. The lowest BCUT2D eigenvalue weighted by Crippen LogP contribution is -2.24. The van der Waals surface area contributed by atoms with Crippen molar-refractivity contribution in [3.05, 3.63) is 65.6 Å². The number of aromatic nitrogens is 1. The Hall–Kier alpha value is -2.79. The van der Waals surface area contributed by atoms with Crippen molar-refractivity contribution in [2.75, 3.05) is 16.8 Å². The Morgan fingerprint density at radius 3 is 2.73 bits per heavy atom. The summed E-state index contributed by atoms with van der Waals surface area (Å²) in [7, 11) is 0. The minimum atomic E-state index is 0.167. The van der Waals surface area contributed by atoms with Crippen LogP contribution in [0, 0.1) is 0 Å². The van der Waals surface area contributed by atoms with Gasteiger partial charge in [-0.2, -0.15) is 0 Å². The van der Waals surface area contributed by atoms with E-state index in [-0.39, 0.29) is 5.91 Å². The molecule has 2 heterocycles. The van der Waals surface area contributed by atoms with Gasteiger partial charge in [0, 0.05) is 23.6 Å². The SMILES string of the molecule is O=C1CCCN1c1ccccc1NCc1ncc(-c2ccc(Cl)cc2)o1. The van der Waals surface area contributed by atoms with Gasteiger partial charge in [0.05, 0.1) is 24.1 Å². The summed E-state index contributed by atoms with van der Waals surface area (Å²) in [6, 6.07) is 15.2. The summed E-state index contributed by atoms with van der Waals surface area (Å²) in [5.74, 6) is 1.44. The van der Waals surface area contributed by atoms with Crippen LogP contribution >= 0.6 is 11.6 Å². The van der Waals surface area contributed by atoms with E-state index in [0.29, 0.717) is 29.6 Å². The Morgan fingerprint density at radius 1 is 1.15 bits per heavy atom. The summed E-state index contributed by atoms with van der Waals surface area (Å²) < 4.78 is 5.82. The number of anilines is 2. The van der Waals surface area contributed by atoms with Crippen LogP contribution in [0.25, 0.3) is 11.3 Å². The quantitative estimate of drug-likeness (QED) is 0.708. The maximum absolute atomic E-state index is 12.0. The van der Waals surface area contributed by atoms with Crippen molar-refractivity contribution in [1.82, 2.24) is 4.98 Å². The van der Waals surface area contributed by atoms with Crippen LogP contribution in [-0.4, -0.2) is 17.4 Å². The van der Waals surface area contributed by atoms with Crippen LogP contribution in [0.1, 0.15) is 18.7 Å². The first-order valence-electron chi connectivity index (χ1n) is 8.54. The molecule has 3 aromatic rings. The average molecular weight is 368 g/mol. The molecule has 0 saturated carbocycles. The summed E-state index contributed by atoms with van der Waals surface area (Å²) in [5, 5.41) is 4.01. The smallest absolute Gasteiger partial charge is 0.227 e. The number of hydrogen-bond donors (Lipinski definition) is 1. The van der Waals surface area contributed by atoms with Gasteiger partial charge in [-0.3, -0.25) is 4.79 Å². The zero-order valence-electron chi connectivity index (χ0n) is 14.1. The highest BCUT2D eigenvalue weighted by molar-refractivity contribution is 6.30. The Kier molecular flexibility index (Phi) is 4.63. The Labute approximate surface area is 156 Å².